The minimum Gasteiger partial charge on any atom is -0.304 e. The summed E-state index contributed by atoms with van der Waals surface area (Å²) in [6, 6.07) is 0. The second kappa shape index (κ2) is 4.33. The SMILES string of the molecule is CCC1(C)C=CCCNC1SC. The van der Waals surface area contributed by atoms with Crippen molar-refractivity contribution in [2.24, 2.45) is 5.41 Å². The summed E-state index contributed by atoms with van der Waals surface area (Å²) in [4.78, 5) is 0. The zero-order valence-corrected chi connectivity index (χ0v) is 9.08. The van der Waals surface area contributed by atoms with Crippen LogP contribution in [0.25, 0.3) is 0 Å². The van der Waals surface area contributed by atoms with Gasteiger partial charge in [-0.05, 0) is 25.6 Å². The summed E-state index contributed by atoms with van der Waals surface area (Å²) in [5, 5.41) is 4.16. The molecule has 0 radical (unpaired) electrons. The van der Waals surface area contributed by atoms with Gasteiger partial charge in [0.05, 0.1) is 5.37 Å². The van der Waals surface area contributed by atoms with Crippen LogP contribution in [-0.2, 0) is 0 Å². The zero-order valence-electron chi connectivity index (χ0n) is 8.26. The third-order valence-corrected chi connectivity index (χ3v) is 3.91. The molecule has 0 saturated heterocycles. The maximum Gasteiger partial charge on any atom is 0.0618 e. The fraction of sp³-hybridized carbons (Fsp3) is 0.800. The number of rotatable bonds is 2. The number of hydrogen-bond donors (Lipinski definition) is 1. The molecular weight excluding hydrogens is 166 g/mol. The molecule has 70 valence electrons. The molecule has 0 spiro atoms. The maximum atomic E-state index is 3.57. The van der Waals surface area contributed by atoms with Crippen molar-refractivity contribution in [1.82, 2.24) is 5.32 Å². The molecule has 0 amide bonds. The monoisotopic (exact) mass is 185 g/mol. The van der Waals surface area contributed by atoms with E-state index >= 15 is 0 Å². The van der Waals surface area contributed by atoms with Crippen molar-refractivity contribution in [2.75, 3.05) is 12.8 Å². The van der Waals surface area contributed by atoms with Crippen LogP contribution in [0.1, 0.15) is 26.7 Å². The molecule has 1 heterocycles. The Kier molecular flexibility index (Phi) is 3.66. The number of hydrogen-bond acceptors (Lipinski definition) is 2. The van der Waals surface area contributed by atoms with Gasteiger partial charge in [-0.3, -0.25) is 0 Å². The molecule has 1 aliphatic rings. The van der Waals surface area contributed by atoms with Crippen molar-refractivity contribution in [3.05, 3.63) is 12.2 Å². The second-order valence-electron chi connectivity index (χ2n) is 3.62. The number of nitrogens with one attached hydrogen (secondary N) is 1. The fourth-order valence-corrected chi connectivity index (χ4v) is 2.69. The van der Waals surface area contributed by atoms with E-state index in [1.54, 1.807) is 0 Å². The summed E-state index contributed by atoms with van der Waals surface area (Å²) >= 11 is 1.93. The van der Waals surface area contributed by atoms with Crippen molar-refractivity contribution >= 4 is 11.8 Å². The molecule has 12 heavy (non-hydrogen) atoms. The van der Waals surface area contributed by atoms with Crippen LogP contribution >= 0.6 is 11.8 Å². The Bertz CT molecular complexity index is 167. The highest BCUT2D eigenvalue weighted by Gasteiger charge is 2.29. The molecule has 0 bridgehead atoms. The van der Waals surface area contributed by atoms with Gasteiger partial charge in [-0.15, -0.1) is 11.8 Å². The average molecular weight is 185 g/mol. The predicted molar refractivity (Wildman–Crippen MR) is 57.5 cm³/mol. The molecular formula is C10H19NS. The normalized spacial score (nSPS) is 36.4. The molecule has 1 nitrogen and oxygen atoms in total. The molecule has 1 N–H and O–H groups in total. The van der Waals surface area contributed by atoms with Crippen molar-refractivity contribution < 1.29 is 0 Å². The highest BCUT2D eigenvalue weighted by atomic mass is 32.2. The molecule has 2 heteroatoms. The Morgan fingerprint density at radius 3 is 3.00 bits per heavy atom. The first-order chi connectivity index (χ1) is 5.73. The van der Waals surface area contributed by atoms with E-state index in [1.165, 1.54) is 12.8 Å². The van der Waals surface area contributed by atoms with Gasteiger partial charge in [0.25, 0.3) is 0 Å². The lowest BCUT2D eigenvalue weighted by Crippen LogP contribution is -2.38. The Morgan fingerprint density at radius 1 is 1.67 bits per heavy atom. The molecule has 2 atom stereocenters. The lowest BCUT2D eigenvalue weighted by Gasteiger charge is -2.32. The van der Waals surface area contributed by atoms with Crippen LogP contribution in [0.3, 0.4) is 0 Å². The second-order valence-corrected chi connectivity index (χ2v) is 4.56. The summed E-state index contributed by atoms with van der Waals surface area (Å²) in [6.07, 6.45) is 9.26. The van der Waals surface area contributed by atoms with Gasteiger partial charge in [0.2, 0.25) is 0 Å². The molecule has 0 aromatic rings. The van der Waals surface area contributed by atoms with Crippen molar-refractivity contribution in [3.8, 4) is 0 Å². The van der Waals surface area contributed by atoms with E-state index in [-0.39, 0.29) is 0 Å². The number of thioether (sulfide) groups is 1. The highest BCUT2D eigenvalue weighted by Crippen LogP contribution is 2.34. The van der Waals surface area contributed by atoms with Crippen molar-refractivity contribution in [1.29, 1.82) is 0 Å². The van der Waals surface area contributed by atoms with Gasteiger partial charge < -0.3 is 5.32 Å². The summed E-state index contributed by atoms with van der Waals surface area (Å²) in [6.45, 7) is 5.72. The van der Waals surface area contributed by atoms with Crippen LogP contribution < -0.4 is 5.32 Å². The van der Waals surface area contributed by atoms with Gasteiger partial charge in [0.1, 0.15) is 0 Å². The first-order valence-electron chi connectivity index (χ1n) is 4.67. The Morgan fingerprint density at radius 2 is 2.42 bits per heavy atom. The van der Waals surface area contributed by atoms with Gasteiger partial charge in [0, 0.05) is 5.41 Å². The minimum atomic E-state index is 0.343. The van der Waals surface area contributed by atoms with E-state index in [1.807, 2.05) is 11.8 Å². The standard InChI is InChI=1S/C10H19NS/c1-4-10(2)7-5-6-8-11-9(10)12-3/h5,7,9,11H,4,6,8H2,1-3H3. The summed E-state index contributed by atoms with van der Waals surface area (Å²) in [5.74, 6) is 0. The molecule has 2 unspecified atom stereocenters. The molecule has 0 aromatic carbocycles. The summed E-state index contributed by atoms with van der Waals surface area (Å²) < 4.78 is 0. The maximum absolute atomic E-state index is 3.57. The minimum absolute atomic E-state index is 0.343. The van der Waals surface area contributed by atoms with Gasteiger partial charge in [-0.2, -0.15) is 0 Å². The van der Waals surface area contributed by atoms with E-state index < -0.39 is 0 Å². The smallest absolute Gasteiger partial charge is 0.0618 e. The van der Waals surface area contributed by atoms with Gasteiger partial charge in [0.15, 0.2) is 0 Å². The van der Waals surface area contributed by atoms with Gasteiger partial charge in [-0.1, -0.05) is 26.0 Å². The Hall–Kier alpha value is 0.0500. The molecule has 0 aliphatic carbocycles. The largest absolute Gasteiger partial charge is 0.304 e. The van der Waals surface area contributed by atoms with Crippen LogP contribution in [0.5, 0.6) is 0 Å². The zero-order chi connectivity index (χ0) is 9.03. The van der Waals surface area contributed by atoms with Crippen molar-refractivity contribution in [2.45, 2.75) is 32.1 Å². The summed E-state index contributed by atoms with van der Waals surface area (Å²) in [7, 11) is 0. The molecule has 0 aromatic heterocycles. The Labute approximate surface area is 80.0 Å². The lowest BCUT2D eigenvalue weighted by molar-refractivity contribution is 0.361. The van der Waals surface area contributed by atoms with Crippen LogP contribution in [0, 0.1) is 5.41 Å². The van der Waals surface area contributed by atoms with E-state index in [9.17, 15) is 0 Å². The quantitative estimate of drug-likeness (QED) is 0.664. The fourth-order valence-electron chi connectivity index (χ4n) is 1.63. The van der Waals surface area contributed by atoms with Crippen molar-refractivity contribution in [3.63, 3.8) is 0 Å². The average Bonchev–Trinajstić information content (AvgIpc) is 2.28. The van der Waals surface area contributed by atoms with E-state index in [4.69, 9.17) is 0 Å². The van der Waals surface area contributed by atoms with Crippen LogP contribution in [-0.4, -0.2) is 18.2 Å². The van der Waals surface area contributed by atoms with Crippen LogP contribution in [0.4, 0.5) is 0 Å². The third-order valence-electron chi connectivity index (χ3n) is 2.74. The molecule has 1 aliphatic heterocycles. The first-order valence-corrected chi connectivity index (χ1v) is 5.95. The Balaban J connectivity index is 2.74. The summed E-state index contributed by atoms with van der Waals surface area (Å²) in [5.41, 5.74) is 0.343. The van der Waals surface area contributed by atoms with Gasteiger partial charge >= 0.3 is 0 Å². The predicted octanol–water partition coefficient (Wildman–Crippen LogP) is 2.64. The molecule has 0 fully saturated rings. The van der Waals surface area contributed by atoms with Crippen LogP contribution in [0.15, 0.2) is 12.2 Å². The topological polar surface area (TPSA) is 12.0 Å². The van der Waals surface area contributed by atoms with E-state index in [0.717, 1.165) is 6.54 Å². The third kappa shape index (κ3) is 2.05. The highest BCUT2D eigenvalue weighted by molar-refractivity contribution is 7.99. The van der Waals surface area contributed by atoms with E-state index in [0.29, 0.717) is 10.8 Å². The lowest BCUT2D eigenvalue weighted by atomic mass is 9.87. The molecule has 1 rings (SSSR count). The molecule has 0 saturated carbocycles. The first kappa shape index (κ1) is 10.1. The van der Waals surface area contributed by atoms with Crippen LogP contribution in [0.2, 0.25) is 0 Å². The van der Waals surface area contributed by atoms with E-state index in [2.05, 4.69) is 37.6 Å². The van der Waals surface area contributed by atoms with Gasteiger partial charge in [-0.25, -0.2) is 0 Å².